The molecule has 0 radical (unpaired) electrons. The van der Waals surface area contributed by atoms with Crippen LogP contribution in [-0.2, 0) is 4.79 Å². The summed E-state index contributed by atoms with van der Waals surface area (Å²) < 4.78 is 0. The summed E-state index contributed by atoms with van der Waals surface area (Å²) in [5, 5.41) is 6.49. The lowest BCUT2D eigenvalue weighted by Gasteiger charge is -2.44. The van der Waals surface area contributed by atoms with E-state index in [-0.39, 0.29) is 35.8 Å². The highest BCUT2D eigenvalue weighted by Crippen LogP contribution is 2.42. The molecular weight excluding hydrogens is 439 g/mol. The molecule has 150 valence electrons. The van der Waals surface area contributed by atoms with E-state index in [0.29, 0.717) is 18.5 Å². The molecule has 0 aromatic heterocycles. The number of carbonyl (C=O) groups is 1. The first-order chi connectivity index (χ1) is 12.2. The number of nitrogens with zero attached hydrogens (tertiary/aromatic N) is 2. The monoisotopic (exact) mass is 476 g/mol. The molecule has 1 amide bonds. The fourth-order valence-corrected chi connectivity index (χ4v) is 4.53. The molecule has 3 aliphatic rings. The van der Waals surface area contributed by atoms with Gasteiger partial charge >= 0.3 is 0 Å². The van der Waals surface area contributed by atoms with Crippen molar-refractivity contribution in [1.82, 2.24) is 15.5 Å². The summed E-state index contributed by atoms with van der Waals surface area (Å²) in [5.41, 5.74) is 0.519. The molecule has 0 aromatic rings. The lowest BCUT2D eigenvalue weighted by molar-refractivity contribution is -0.122. The molecule has 5 nitrogen and oxygen atoms in total. The Kier molecular flexibility index (Phi) is 8.97. The van der Waals surface area contributed by atoms with Gasteiger partial charge in [0, 0.05) is 32.1 Å². The topological polar surface area (TPSA) is 56.7 Å². The molecular formula is C20H37IN4O. The number of hydrogen-bond acceptors (Lipinski definition) is 2. The second-order valence-corrected chi connectivity index (χ2v) is 8.24. The van der Waals surface area contributed by atoms with E-state index in [1.165, 1.54) is 51.4 Å². The van der Waals surface area contributed by atoms with Crippen molar-refractivity contribution < 1.29 is 4.79 Å². The van der Waals surface area contributed by atoms with Crippen molar-refractivity contribution in [3.05, 3.63) is 0 Å². The number of piperidine rings is 1. The zero-order chi connectivity index (χ0) is 17.5. The minimum absolute atomic E-state index is 0. The molecule has 1 spiro atoms. The first-order valence-electron chi connectivity index (χ1n) is 10.5. The summed E-state index contributed by atoms with van der Waals surface area (Å²) in [6.45, 7) is 6.63. The van der Waals surface area contributed by atoms with Crippen molar-refractivity contribution in [1.29, 1.82) is 0 Å². The van der Waals surface area contributed by atoms with Gasteiger partial charge in [-0.05, 0) is 50.9 Å². The van der Waals surface area contributed by atoms with Crippen molar-refractivity contribution in [2.24, 2.45) is 16.3 Å². The molecule has 0 atom stereocenters. The molecule has 3 fully saturated rings. The number of halogens is 1. The number of likely N-dealkylation sites (tertiary alicyclic amines) is 1. The van der Waals surface area contributed by atoms with E-state index in [9.17, 15) is 4.79 Å². The summed E-state index contributed by atoms with van der Waals surface area (Å²) in [6.07, 6.45) is 13.2. The predicted molar refractivity (Wildman–Crippen MR) is 118 cm³/mol. The summed E-state index contributed by atoms with van der Waals surface area (Å²) in [5.74, 6) is 1.55. The Hall–Kier alpha value is -0.530. The van der Waals surface area contributed by atoms with Crippen LogP contribution in [-0.4, -0.2) is 49.5 Å². The number of aliphatic imine (C=N–C) groups is 1. The smallest absolute Gasteiger partial charge is 0.223 e. The van der Waals surface area contributed by atoms with Crippen LogP contribution in [0, 0.1) is 11.3 Å². The molecule has 2 saturated carbocycles. The minimum atomic E-state index is 0. The van der Waals surface area contributed by atoms with Crippen LogP contribution in [0.3, 0.4) is 0 Å². The van der Waals surface area contributed by atoms with Gasteiger partial charge in [0.15, 0.2) is 5.96 Å². The number of guanidine groups is 1. The molecule has 1 heterocycles. The fourth-order valence-electron chi connectivity index (χ4n) is 4.53. The van der Waals surface area contributed by atoms with Gasteiger partial charge in [-0.15, -0.1) is 24.0 Å². The molecule has 0 aromatic carbocycles. The van der Waals surface area contributed by atoms with E-state index >= 15 is 0 Å². The number of nitrogens with one attached hydrogen (secondary N) is 2. The highest BCUT2D eigenvalue weighted by Gasteiger charge is 2.36. The van der Waals surface area contributed by atoms with Gasteiger partial charge in [-0.25, -0.2) is 0 Å². The van der Waals surface area contributed by atoms with Gasteiger partial charge in [-0.3, -0.25) is 9.79 Å². The first-order valence-corrected chi connectivity index (χ1v) is 10.5. The van der Waals surface area contributed by atoms with E-state index in [0.717, 1.165) is 38.4 Å². The maximum atomic E-state index is 11.7. The van der Waals surface area contributed by atoms with E-state index in [1.54, 1.807) is 0 Å². The quantitative estimate of drug-likeness (QED) is 0.276. The van der Waals surface area contributed by atoms with Crippen molar-refractivity contribution in [2.45, 2.75) is 71.1 Å². The third-order valence-corrected chi connectivity index (χ3v) is 6.08. The van der Waals surface area contributed by atoms with E-state index in [4.69, 9.17) is 4.99 Å². The van der Waals surface area contributed by atoms with Gasteiger partial charge < -0.3 is 15.5 Å². The maximum absolute atomic E-state index is 11.7. The zero-order valence-corrected chi connectivity index (χ0v) is 18.7. The summed E-state index contributed by atoms with van der Waals surface area (Å²) in [4.78, 5) is 19.0. The van der Waals surface area contributed by atoms with Gasteiger partial charge in [0.25, 0.3) is 0 Å². The SMILES string of the molecule is CCNC(=NCCNC(=O)C1CC1)N1CCCC2(CCCCCC2)C1.I. The average Bonchev–Trinajstić information content (AvgIpc) is 3.46. The van der Waals surface area contributed by atoms with Gasteiger partial charge in [-0.1, -0.05) is 25.7 Å². The van der Waals surface area contributed by atoms with Crippen molar-refractivity contribution in [3.63, 3.8) is 0 Å². The van der Waals surface area contributed by atoms with Gasteiger partial charge in [0.2, 0.25) is 5.91 Å². The minimum Gasteiger partial charge on any atom is -0.357 e. The fraction of sp³-hybridized carbons (Fsp3) is 0.900. The van der Waals surface area contributed by atoms with Crippen LogP contribution in [0.25, 0.3) is 0 Å². The Morgan fingerprint density at radius 1 is 1.08 bits per heavy atom. The largest absolute Gasteiger partial charge is 0.357 e. The van der Waals surface area contributed by atoms with Crippen molar-refractivity contribution >= 4 is 35.8 Å². The van der Waals surface area contributed by atoms with E-state index in [2.05, 4.69) is 22.5 Å². The number of rotatable bonds is 5. The second-order valence-electron chi connectivity index (χ2n) is 8.24. The van der Waals surface area contributed by atoms with Gasteiger partial charge in [0.05, 0.1) is 6.54 Å². The Labute approximate surface area is 176 Å². The molecule has 6 heteroatoms. The summed E-state index contributed by atoms with van der Waals surface area (Å²) in [6, 6.07) is 0. The van der Waals surface area contributed by atoms with Crippen molar-refractivity contribution in [3.8, 4) is 0 Å². The molecule has 3 rings (SSSR count). The van der Waals surface area contributed by atoms with Crippen LogP contribution >= 0.6 is 24.0 Å². The first kappa shape index (κ1) is 21.8. The average molecular weight is 476 g/mol. The van der Waals surface area contributed by atoms with Crippen LogP contribution in [0.15, 0.2) is 4.99 Å². The van der Waals surface area contributed by atoms with E-state index in [1.807, 2.05) is 0 Å². The summed E-state index contributed by atoms with van der Waals surface area (Å²) in [7, 11) is 0. The van der Waals surface area contributed by atoms with Crippen LogP contribution in [0.4, 0.5) is 0 Å². The number of hydrogen-bond donors (Lipinski definition) is 2. The number of amides is 1. The lowest BCUT2D eigenvalue weighted by atomic mass is 9.74. The van der Waals surface area contributed by atoms with Crippen LogP contribution in [0.5, 0.6) is 0 Å². The molecule has 0 unspecified atom stereocenters. The Bertz CT molecular complexity index is 470. The van der Waals surface area contributed by atoms with Crippen LogP contribution < -0.4 is 10.6 Å². The predicted octanol–water partition coefficient (Wildman–Crippen LogP) is 3.53. The molecule has 2 N–H and O–H groups in total. The van der Waals surface area contributed by atoms with Gasteiger partial charge in [-0.2, -0.15) is 0 Å². The molecule has 1 saturated heterocycles. The highest BCUT2D eigenvalue weighted by molar-refractivity contribution is 14.0. The highest BCUT2D eigenvalue weighted by atomic mass is 127. The zero-order valence-electron chi connectivity index (χ0n) is 16.4. The lowest BCUT2D eigenvalue weighted by Crippen LogP contribution is -2.50. The third-order valence-electron chi connectivity index (χ3n) is 6.08. The van der Waals surface area contributed by atoms with Crippen molar-refractivity contribution in [2.75, 3.05) is 32.7 Å². The Morgan fingerprint density at radius 2 is 1.77 bits per heavy atom. The summed E-state index contributed by atoms with van der Waals surface area (Å²) >= 11 is 0. The molecule has 0 bridgehead atoms. The standard InChI is InChI=1S/C20H36N4O.HI/c1-2-21-19(23-14-13-22-18(25)17-8-9-17)24-15-7-12-20(16-24)10-5-3-4-6-11-20;/h17H,2-16H2,1H3,(H,21,23)(H,22,25);1H. The van der Waals surface area contributed by atoms with Gasteiger partial charge in [0.1, 0.15) is 0 Å². The maximum Gasteiger partial charge on any atom is 0.223 e. The molecule has 26 heavy (non-hydrogen) atoms. The normalized spacial score (nSPS) is 23.1. The third kappa shape index (κ3) is 6.27. The molecule has 2 aliphatic carbocycles. The second kappa shape index (κ2) is 10.7. The number of carbonyl (C=O) groups excluding carboxylic acids is 1. The Balaban J connectivity index is 0.00000243. The Morgan fingerprint density at radius 3 is 2.42 bits per heavy atom. The molecule has 1 aliphatic heterocycles. The van der Waals surface area contributed by atoms with E-state index < -0.39 is 0 Å². The van der Waals surface area contributed by atoms with Crippen LogP contribution in [0.1, 0.15) is 71.1 Å². The van der Waals surface area contributed by atoms with Crippen LogP contribution in [0.2, 0.25) is 0 Å².